The number of fused-ring (bicyclic) bond motifs is 1. The average Bonchev–Trinajstić information content (AvgIpc) is 2.60. The number of benzene rings is 1. The molecule has 0 unspecified atom stereocenters. The van der Waals surface area contributed by atoms with Gasteiger partial charge >= 0.3 is 0 Å². The van der Waals surface area contributed by atoms with Gasteiger partial charge in [0, 0.05) is 7.05 Å². The number of hydrogen-bond donors (Lipinski definition) is 2. The summed E-state index contributed by atoms with van der Waals surface area (Å²) in [6.45, 7) is 2.96. The van der Waals surface area contributed by atoms with Crippen molar-refractivity contribution in [3.63, 3.8) is 0 Å². The highest BCUT2D eigenvalue weighted by Crippen LogP contribution is 2.16. The number of primary amides is 1. The molecule has 5 nitrogen and oxygen atoms in total. The summed E-state index contributed by atoms with van der Waals surface area (Å²) in [6, 6.07) is 6.27. The minimum Gasteiger partial charge on any atom is -0.369 e. The molecule has 1 heterocycles. The van der Waals surface area contributed by atoms with Gasteiger partial charge in [-0.3, -0.25) is 4.79 Å². The van der Waals surface area contributed by atoms with E-state index in [2.05, 4.69) is 33.1 Å². The lowest BCUT2D eigenvalue weighted by atomic mass is 10.1. The summed E-state index contributed by atoms with van der Waals surface area (Å²) in [5.74, 6) is 0.680. The molecule has 0 bridgehead atoms. The van der Waals surface area contributed by atoms with E-state index in [0.29, 0.717) is 0 Å². The smallest absolute Gasteiger partial charge is 0.231 e. The number of nitrogens with one attached hydrogen (secondary N) is 1. The predicted octanol–water partition coefficient (Wildman–Crippen LogP) is 0.499. The van der Waals surface area contributed by atoms with Gasteiger partial charge in [-0.1, -0.05) is 6.07 Å². The van der Waals surface area contributed by atoms with Gasteiger partial charge in [0.05, 0.1) is 17.6 Å². The zero-order valence-electron chi connectivity index (χ0n) is 10.7. The summed E-state index contributed by atoms with van der Waals surface area (Å²) < 4.78 is 2.07. The van der Waals surface area contributed by atoms with Gasteiger partial charge in [-0.25, -0.2) is 4.98 Å². The van der Waals surface area contributed by atoms with Gasteiger partial charge in [0.2, 0.25) is 5.91 Å². The number of amides is 1. The average molecular weight is 246 g/mol. The first kappa shape index (κ1) is 12.6. The van der Waals surface area contributed by atoms with E-state index in [0.717, 1.165) is 29.8 Å². The Hall–Kier alpha value is -1.88. The Kier molecular flexibility index (Phi) is 3.62. The van der Waals surface area contributed by atoms with E-state index in [1.54, 1.807) is 0 Å². The van der Waals surface area contributed by atoms with Gasteiger partial charge in [0.1, 0.15) is 5.82 Å². The van der Waals surface area contributed by atoms with Crippen LogP contribution in [0.5, 0.6) is 0 Å². The van der Waals surface area contributed by atoms with Gasteiger partial charge in [-0.2, -0.15) is 0 Å². The van der Waals surface area contributed by atoms with Crippen molar-refractivity contribution in [2.45, 2.75) is 13.3 Å². The van der Waals surface area contributed by atoms with Crippen LogP contribution in [0.3, 0.4) is 0 Å². The lowest BCUT2D eigenvalue weighted by Crippen LogP contribution is -2.29. The number of carbonyl (C=O) groups is 1. The zero-order chi connectivity index (χ0) is 13.1. The van der Waals surface area contributed by atoms with Crippen molar-refractivity contribution < 1.29 is 4.79 Å². The quantitative estimate of drug-likeness (QED) is 0.754. The van der Waals surface area contributed by atoms with Crippen molar-refractivity contribution in [3.8, 4) is 0 Å². The first-order valence-electron chi connectivity index (χ1n) is 5.99. The molecule has 0 spiro atoms. The van der Waals surface area contributed by atoms with Crippen molar-refractivity contribution in [1.82, 2.24) is 14.9 Å². The second kappa shape index (κ2) is 5.18. The first-order chi connectivity index (χ1) is 8.58. The first-order valence-corrected chi connectivity index (χ1v) is 5.99. The van der Waals surface area contributed by atoms with Crippen molar-refractivity contribution in [3.05, 3.63) is 29.6 Å². The predicted molar refractivity (Wildman–Crippen MR) is 71.2 cm³/mol. The molecule has 3 N–H and O–H groups in total. The molecule has 0 saturated carbocycles. The molecule has 18 heavy (non-hydrogen) atoms. The fraction of sp³-hybridized carbons (Fsp3) is 0.385. The van der Waals surface area contributed by atoms with Crippen LogP contribution in [0, 0.1) is 6.92 Å². The van der Waals surface area contributed by atoms with E-state index >= 15 is 0 Å². The zero-order valence-corrected chi connectivity index (χ0v) is 10.7. The third-order valence-corrected chi connectivity index (χ3v) is 3.06. The Labute approximate surface area is 106 Å². The summed E-state index contributed by atoms with van der Waals surface area (Å²) in [5, 5.41) is 3.00. The minimum absolute atomic E-state index is 0.227. The van der Waals surface area contributed by atoms with Crippen LogP contribution in [-0.4, -0.2) is 28.5 Å². The van der Waals surface area contributed by atoms with E-state index in [1.807, 2.05) is 14.0 Å². The maximum atomic E-state index is 10.6. The normalized spacial score (nSPS) is 11.0. The van der Waals surface area contributed by atoms with Crippen LogP contribution in [0.25, 0.3) is 11.0 Å². The highest BCUT2D eigenvalue weighted by atomic mass is 16.1. The SMILES string of the molecule is Cc1nc2cc(CCNCC(N)=O)ccc2n1C. The molecule has 0 saturated heterocycles. The Morgan fingerprint density at radius 3 is 3.00 bits per heavy atom. The fourth-order valence-electron chi connectivity index (χ4n) is 1.97. The van der Waals surface area contributed by atoms with Gasteiger partial charge < -0.3 is 15.6 Å². The largest absolute Gasteiger partial charge is 0.369 e. The maximum absolute atomic E-state index is 10.6. The lowest BCUT2D eigenvalue weighted by molar-refractivity contribution is -0.117. The van der Waals surface area contributed by atoms with Crippen LogP contribution < -0.4 is 11.1 Å². The Morgan fingerprint density at radius 1 is 1.50 bits per heavy atom. The molecule has 0 aliphatic rings. The standard InChI is InChI=1S/C13H18N4O/c1-9-16-11-7-10(3-4-12(11)17(9)2)5-6-15-8-13(14)18/h3-4,7,15H,5-6,8H2,1-2H3,(H2,14,18). The highest BCUT2D eigenvalue weighted by molar-refractivity contribution is 5.77. The van der Waals surface area contributed by atoms with Gasteiger partial charge in [-0.05, 0) is 37.6 Å². The number of imidazole rings is 1. The molecule has 0 radical (unpaired) electrons. The van der Waals surface area contributed by atoms with Crippen LogP contribution >= 0.6 is 0 Å². The molecule has 2 rings (SSSR count). The third kappa shape index (κ3) is 2.68. The summed E-state index contributed by atoms with van der Waals surface area (Å²) >= 11 is 0. The number of rotatable bonds is 5. The molecule has 1 aromatic heterocycles. The van der Waals surface area contributed by atoms with Crippen molar-refractivity contribution in [2.24, 2.45) is 12.8 Å². The van der Waals surface area contributed by atoms with Gasteiger partial charge in [0.25, 0.3) is 0 Å². The number of hydrogen-bond acceptors (Lipinski definition) is 3. The maximum Gasteiger partial charge on any atom is 0.231 e. The Bertz CT molecular complexity index is 574. The van der Waals surface area contributed by atoms with Crippen molar-refractivity contribution >= 4 is 16.9 Å². The lowest BCUT2D eigenvalue weighted by Gasteiger charge is -2.03. The van der Waals surface area contributed by atoms with E-state index in [9.17, 15) is 4.79 Å². The van der Waals surface area contributed by atoms with Crippen LogP contribution in [0.4, 0.5) is 0 Å². The number of aromatic nitrogens is 2. The number of nitrogens with zero attached hydrogens (tertiary/aromatic N) is 2. The van der Waals surface area contributed by atoms with Gasteiger partial charge in [0.15, 0.2) is 0 Å². The molecule has 0 aliphatic carbocycles. The molecule has 1 aromatic carbocycles. The third-order valence-electron chi connectivity index (χ3n) is 3.06. The summed E-state index contributed by atoms with van der Waals surface area (Å²) in [4.78, 5) is 15.1. The molecule has 2 aromatic rings. The Balaban J connectivity index is 2.04. The van der Waals surface area contributed by atoms with Crippen LogP contribution in [0.2, 0.25) is 0 Å². The molecular weight excluding hydrogens is 228 g/mol. The fourth-order valence-corrected chi connectivity index (χ4v) is 1.97. The molecule has 1 amide bonds. The summed E-state index contributed by atoms with van der Waals surface area (Å²) in [5.41, 5.74) is 8.41. The second-order valence-corrected chi connectivity index (χ2v) is 4.43. The monoisotopic (exact) mass is 246 g/mol. The highest BCUT2D eigenvalue weighted by Gasteiger charge is 2.04. The number of nitrogens with two attached hydrogens (primary N) is 1. The van der Waals surface area contributed by atoms with E-state index in [1.165, 1.54) is 5.56 Å². The summed E-state index contributed by atoms with van der Waals surface area (Å²) in [6.07, 6.45) is 0.860. The van der Waals surface area contributed by atoms with Crippen molar-refractivity contribution in [1.29, 1.82) is 0 Å². The molecular formula is C13H18N4O. The van der Waals surface area contributed by atoms with E-state index in [4.69, 9.17) is 5.73 Å². The second-order valence-electron chi connectivity index (χ2n) is 4.43. The topological polar surface area (TPSA) is 72.9 Å². The number of aryl methyl sites for hydroxylation is 2. The van der Waals surface area contributed by atoms with E-state index in [-0.39, 0.29) is 12.5 Å². The molecule has 5 heteroatoms. The molecule has 0 aliphatic heterocycles. The Morgan fingerprint density at radius 2 is 2.28 bits per heavy atom. The minimum atomic E-state index is -0.328. The molecule has 0 atom stereocenters. The van der Waals surface area contributed by atoms with Crippen LogP contribution in [0.15, 0.2) is 18.2 Å². The van der Waals surface area contributed by atoms with Gasteiger partial charge in [-0.15, -0.1) is 0 Å². The molecule has 96 valence electrons. The molecule has 0 fully saturated rings. The summed E-state index contributed by atoms with van der Waals surface area (Å²) in [7, 11) is 2.01. The van der Waals surface area contributed by atoms with Crippen LogP contribution in [0.1, 0.15) is 11.4 Å². The number of carbonyl (C=O) groups excluding carboxylic acids is 1. The van der Waals surface area contributed by atoms with Crippen molar-refractivity contribution in [2.75, 3.05) is 13.1 Å². The van der Waals surface area contributed by atoms with E-state index < -0.39 is 0 Å². The van der Waals surface area contributed by atoms with Crippen LogP contribution in [-0.2, 0) is 18.3 Å².